The topological polar surface area (TPSA) is 21.3 Å². The zero-order valence-electron chi connectivity index (χ0n) is 12.6. The smallest absolute Gasteiger partial charge is 0.127 e. The highest BCUT2D eigenvalue weighted by molar-refractivity contribution is 5.34. The van der Waals surface area contributed by atoms with Crippen LogP contribution in [0.5, 0.6) is 11.5 Å². The average molecular weight is 281 g/mol. The van der Waals surface area contributed by atoms with E-state index in [4.69, 9.17) is 4.74 Å². The van der Waals surface area contributed by atoms with Gasteiger partial charge in [0.2, 0.25) is 0 Å². The van der Waals surface area contributed by atoms with Crippen LogP contribution in [0.3, 0.4) is 0 Å². The summed E-state index contributed by atoms with van der Waals surface area (Å²) in [6.45, 7) is 3.30. The lowest BCUT2D eigenvalue weighted by molar-refractivity contribution is 0.472. The monoisotopic (exact) mass is 281 g/mol. The van der Waals surface area contributed by atoms with Gasteiger partial charge in [0.15, 0.2) is 0 Å². The molecule has 0 bridgehead atoms. The van der Waals surface area contributed by atoms with Crippen LogP contribution in [0.1, 0.15) is 37.8 Å². The molecule has 3 rings (SSSR count). The van der Waals surface area contributed by atoms with Crippen LogP contribution in [0.15, 0.2) is 54.6 Å². The van der Waals surface area contributed by atoms with Crippen molar-refractivity contribution in [1.29, 1.82) is 0 Å². The summed E-state index contributed by atoms with van der Waals surface area (Å²) in [5.41, 5.74) is 1.38. The van der Waals surface area contributed by atoms with Gasteiger partial charge in [0, 0.05) is 6.04 Å². The van der Waals surface area contributed by atoms with E-state index in [-0.39, 0.29) is 0 Å². The highest BCUT2D eigenvalue weighted by Crippen LogP contribution is 2.41. The molecule has 0 spiro atoms. The number of benzene rings is 2. The van der Waals surface area contributed by atoms with Crippen LogP contribution in [-0.4, -0.2) is 6.54 Å². The van der Waals surface area contributed by atoms with Crippen molar-refractivity contribution < 1.29 is 4.74 Å². The molecular formula is C19H23NO. The average Bonchev–Trinajstić information content (AvgIpc) is 3.35. The Balaban J connectivity index is 1.67. The predicted molar refractivity (Wildman–Crippen MR) is 86.7 cm³/mol. The Morgan fingerprint density at radius 2 is 1.67 bits per heavy atom. The predicted octanol–water partition coefficient (Wildman–Crippen LogP) is 4.93. The van der Waals surface area contributed by atoms with E-state index in [1.807, 2.05) is 30.3 Å². The molecule has 1 unspecified atom stereocenters. The number of nitrogens with one attached hydrogen (secondary N) is 1. The number of rotatable bonds is 7. The Labute approximate surface area is 127 Å². The molecule has 0 heterocycles. The normalized spacial score (nSPS) is 15.7. The van der Waals surface area contributed by atoms with E-state index in [2.05, 4.69) is 36.5 Å². The fourth-order valence-electron chi connectivity index (χ4n) is 2.65. The van der Waals surface area contributed by atoms with E-state index in [1.165, 1.54) is 24.8 Å². The van der Waals surface area contributed by atoms with E-state index in [1.54, 1.807) is 0 Å². The molecule has 0 aliphatic heterocycles. The Morgan fingerprint density at radius 1 is 1.00 bits per heavy atom. The summed E-state index contributed by atoms with van der Waals surface area (Å²) >= 11 is 0. The van der Waals surface area contributed by atoms with Crippen molar-refractivity contribution in [1.82, 2.24) is 5.32 Å². The molecule has 0 radical (unpaired) electrons. The molecule has 1 N–H and O–H groups in total. The Kier molecular flexibility index (Phi) is 4.56. The third-order valence-electron chi connectivity index (χ3n) is 3.93. The van der Waals surface area contributed by atoms with Crippen LogP contribution in [-0.2, 0) is 0 Å². The molecule has 0 saturated heterocycles. The first-order valence-corrected chi connectivity index (χ1v) is 7.93. The van der Waals surface area contributed by atoms with Gasteiger partial charge in [-0.3, -0.25) is 0 Å². The largest absolute Gasteiger partial charge is 0.457 e. The van der Waals surface area contributed by atoms with Gasteiger partial charge in [-0.1, -0.05) is 37.3 Å². The molecule has 1 fully saturated rings. The lowest BCUT2D eigenvalue weighted by Gasteiger charge is -2.18. The maximum Gasteiger partial charge on any atom is 0.127 e. The zero-order chi connectivity index (χ0) is 14.5. The van der Waals surface area contributed by atoms with Gasteiger partial charge < -0.3 is 10.1 Å². The molecule has 2 heteroatoms. The van der Waals surface area contributed by atoms with Gasteiger partial charge in [-0.25, -0.2) is 0 Å². The second kappa shape index (κ2) is 6.77. The van der Waals surface area contributed by atoms with Crippen LogP contribution in [0.25, 0.3) is 0 Å². The lowest BCUT2D eigenvalue weighted by Crippen LogP contribution is -2.23. The van der Waals surface area contributed by atoms with Crippen molar-refractivity contribution in [2.24, 2.45) is 5.92 Å². The highest BCUT2D eigenvalue weighted by atomic mass is 16.5. The van der Waals surface area contributed by atoms with E-state index < -0.39 is 0 Å². The SMILES string of the molecule is CCCNC(c1ccc(Oc2ccccc2)cc1)C1CC1. The van der Waals surface area contributed by atoms with E-state index >= 15 is 0 Å². The van der Waals surface area contributed by atoms with Crippen molar-refractivity contribution in [3.8, 4) is 11.5 Å². The fourth-order valence-corrected chi connectivity index (χ4v) is 2.65. The van der Waals surface area contributed by atoms with Gasteiger partial charge in [-0.2, -0.15) is 0 Å². The molecule has 0 amide bonds. The van der Waals surface area contributed by atoms with Gasteiger partial charge in [-0.05, 0) is 61.6 Å². The van der Waals surface area contributed by atoms with Gasteiger partial charge in [0.1, 0.15) is 11.5 Å². The standard InChI is InChI=1S/C19H23NO/c1-2-14-20-19(15-8-9-15)16-10-12-18(13-11-16)21-17-6-4-3-5-7-17/h3-7,10-13,15,19-20H,2,8-9,14H2,1H3. The fraction of sp³-hybridized carbons (Fsp3) is 0.368. The zero-order valence-corrected chi connectivity index (χ0v) is 12.6. The molecular weight excluding hydrogens is 258 g/mol. The molecule has 2 nitrogen and oxygen atoms in total. The van der Waals surface area contributed by atoms with Crippen LogP contribution >= 0.6 is 0 Å². The first-order chi connectivity index (χ1) is 10.4. The summed E-state index contributed by atoms with van der Waals surface area (Å²) in [6.07, 6.45) is 3.88. The van der Waals surface area contributed by atoms with E-state index in [0.29, 0.717) is 6.04 Å². The first-order valence-electron chi connectivity index (χ1n) is 7.93. The van der Waals surface area contributed by atoms with Crippen molar-refractivity contribution in [3.05, 3.63) is 60.2 Å². The van der Waals surface area contributed by atoms with Gasteiger partial charge in [0.05, 0.1) is 0 Å². The Bertz CT molecular complexity index is 546. The van der Waals surface area contributed by atoms with Gasteiger partial charge in [-0.15, -0.1) is 0 Å². The Morgan fingerprint density at radius 3 is 2.29 bits per heavy atom. The minimum atomic E-state index is 0.510. The molecule has 1 aliphatic carbocycles. The second-order valence-corrected chi connectivity index (χ2v) is 5.75. The Hall–Kier alpha value is -1.80. The summed E-state index contributed by atoms with van der Waals surface area (Å²) in [5, 5.41) is 3.68. The van der Waals surface area contributed by atoms with Gasteiger partial charge >= 0.3 is 0 Å². The van der Waals surface area contributed by atoms with E-state index in [0.717, 1.165) is 24.0 Å². The van der Waals surface area contributed by atoms with Crippen molar-refractivity contribution in [3.63, 3.8) is 0 Å². The summed E-state index contributed by atoms with van der Waals surface area (Å²) in [5.74, 6) is 2.60. The van der Waals surface area contributed by atoms with Crippen LogP contribution in [0.4, 0.5) is 0 Å². The summed E-state index contributed by atoms with van der Waals surface area (Å²) in [7, 11) is 0. The molecule has 21 heavy (non-hydrogen) atoms. The minimum absolute atomic E-state index is 0.510. The number of hydrogen-bond acceptors (Lipinski definition) is 2. The molecule has 1 aliphatic rings. The molecule has 2 aromatic rings. The summed E-state index contributed by atoms with van der Waals surface area (Å²) in [4.78, 5) is 0. The number of hydrogen-bond donors (Lipinski definition) is 1. The van der Waals surface area contributed by atoms with Gasteiger partial charge in [0.25, 0.3) is 0 Å². The van der Waals surface area contributed by atoms with Crippen LogP contribution < -0.4 is 10.1 Å². The van der Waals surface area contributed by atoms with Crippen molar-refractivity contribution in [2.45, 2.75) is 32.2 Å². The van der Waals surface area contributed by atoms with E-state index in [9.17, 15) is 0 Å². The molecule has 2 aromatic carbocycles. The second-order valence-electron chi connectivity index (χ2n) is 5.75. The summed E-state index contributed by atoms with van der Waals surface area (Å²) < 4.78 is 5.85. The number of para-hydroxylation sites is 1. The van der Waals surface area contributed by atoms with Crippen molar-refractivity contribution in [2.75, 3.05) is 6.54 Å². The molecule has 110 valence electrons. The molecule has 0 aromatic heterocycles. The van der Waals surface area contributed by atoms with Crippen molar-refractivity contribution >= 4 is 0 Å². The first kappa shape index (κ1) is 14.2. The van der Waals surface area contributed by atoms with Crippen LogP contribution in [0, 0.1) is 5.92 Å². The third-order valence-corrected chi connectivity index (χ3v) is 3.93. The maximum absolute atomic E-state index is 5.85. The highest BCUT2D eigenvalue weighted by Gasteiger charge is 2.31. The summed E-state index contributed by atoms with van der Waals surface area (Å²) in [6, 6.07) is 19.0. The molecule has 1 atom stereocenters. The maximum atomic E-state index is 5.85. The lowest BCUT2D eigenvalue weighted by atomic mass is 10.0. The molecule has 1 saturated carbocycles. The quantitative estimate of drug-likeness (QED) is 0.777. The number of ether oxygens (including phenoxy) is 1. The van der Waals surface area contributed by atoms with Crippen LogP contribution in [0.2, 0.25) is 0 Å². The minimum Gasteiger partial charge on any atom is -0.457 e. The third kappa shape index (κ3) is 3.85.